The molecule has 0 radical (unpaired) electrons. The third kappa shape index (κ3) is 3.74. The van der Waals surface area contributed by atoms with Crippen molar-refractivity contribution in [2.24, 2.45) is 0 Å². The Balaban J connectivity index is 0.00000225. The lowest BCUT2D eigenvalue weighted by Gasteiger charge is -2.17. The topological polar surface area (TPSA) is 89.7 Å². The molecule has 0 spiro atoms. The van der Waals surface area contributed by atoms with E-state index in [-0.39, 0.29) is 18.5 Å². The van der Waals surface area contributed by atoms with Crippen LogP contribution in [0.3, 0.4) is 0 Å². The highest BCUT2D eigenvalue weighted by atomic mass is 35.5. The van der Waals surface area contributed by atoms with Crippen LogP contribution < -0.4 is 9.47 Å². The number of halogens is 1. The van der Waals surface area contributed by atoms with Gasteiger partial charge in [0, 0.05) is 42.9 Å². The summed E-state index contributed by atoms with van der Waals surface area (Å²) < 4.78 is 13.2. The average Bonchev–Trinajstić information content (AvgIpc) is 3.31. The van der Waals surface area contributed by atoms with Crippen LogP contribution >= 0.6 is 12.4 Å². The Morgan fingerprint density at radius 1 is 1.32 bits per heavy atom. The lowest BCUT2D eigenvalue weighted by molar-refractivity contribution is -0.141. The van der Waals surface area contributed by atoms with E-state index < -0.39 is 12.0 Å². The molecule has 0 amide bonds. The minimum absolute atomic E-state index is 0. The molecule has 2 unspecified atom stereocenters. The number of rotatable bonds is 5. The van der Waals surface area contributed by atoms with Gasteiger partial charge in [0.25, 0.3) is 0 Å². The molecule has 1 saturated heterocycles. The molecule has 2 aromatic heterocycles. The van der Waals surface area contributed by atoms with Gasteiger partial charge in [0.1, 0.15) is 23.6 Å². The molecule has 8 nitrogen and oxygen atoms in total. The molecule has 0 saturated carbocycles. The maximum Gasteiger partial charge on any atom is 0.321 e. The number of pyridine rings is 1. The van der Waals surface area contributed by atoms with Crippen molar-refractivity contribution in [1.82, 2.24) is 19.7 Å². The maximum absolute atomic E-state index is 11.4. The molecule has 1 aromatic carbocycles. The highest BCUT2D eigenvalue weighted by Crippen LogP contribution is 2.32. The molecular weight excluding hydrogens is 384 g/mol. The van der Waals surface area contributed by atoms with Gasteiger partial charge in [0.05, 0.1) is 12.6 Å². The van der Waals surface area contributed by atoms with E-state index in [1.807, 2.05) is 36.5 Å². The van der Waals surface area contributed by atoms with Gasteiger partial charge in [-0.3, -0.25) is 9.69 Å². The Bertz CT molecular complexity index is 979. The third-order valence-corrected chi connectivity index (χ3v) is 4.79. The molecule has 1 aliphatic rings. The second kappa shape index (κ2) is 8.04. The van der Waals surface area contributed by atoms with Gasteiger partial charge < -0.3 is 14.6 Å². The number of aliphatic carboxylic acids is 1. The first kappa shape index (κ1) is 19.9. The lowest BCUT2D eigenvalue weighted by Crippen LogP contribution is -2.32. The van der Waals surface area contributed by atoms with E-state index in [0.717, 1.165) is 10.9 Å². The molecule has 0 aliphatic carbocycles. The van der Waals surface area contributed by atoms with Crippen molar-refractivity contribution >= 4 is 29.3 Å². The smallest absolute Gasteiger partial charge is 0.321 e. The van der Waals surface area contributed by atoms with E-state index in [1.54, 1.807) is 29.9 Å². The number of hydrogen-bond donors (Lipinski definition) is 1. The number of carboxylic acid groups (broad SMARTS) is 1. The van der Waals surface area contributed by atoms with Crippen LogP contribution in [0.5, 0.6) is 11.5 Å². The molecule has 1 aliphatic heterocycles. The van der Waals surface area contributed by atoms with Gasteiger partial charge in [-0.15, -0.1) is 12.4 Å². The number of ether oxygens (including phenoxy) is 2. The van der Waals surface area contributed by atoms with Gasteiger partial charge in [-0.2, -0.15) is 5.10 Å². The largest absolute Gasteiger partial charge is 0.497 e. The van der Waals surface area contributed by atoms with Crippen molar-refractivity contribution in [2.45, 2.75) is 18.6 Å². The fourth-order valence-electron chi connectivity index (χ4n) is 3.42. The second-order valence-electron chi connectivity index (χ2n) is 6.58. The first-order chi connectivity index (χ1) is 13.0. The molecule has 2 atom stereocenters. The molecule has 3 heterocycles. The first-order valence-electron chi connectivity index (χ1n) is 8.63. The van der Waals surface area contributed by atoms with Crippen LogP contribution in [0, 0.1) is 0 Å². The summed E-state index contributed by atoms with van der Waals surface area (Å²) >= 11 is 0. The average molecular weight is 405 g/mol. The number of fused-ring (bicyclic) bond motifs is 1. The molecule has 148 valence electrons. The normalized spacial score (nSPS) is 19.4. The third-order valence-electron chi connectivity index (χ3n) is 4.79. The summed E-state index contributed by atoms with van der Waals surface area (Å²) in [5.74, 6) is 1.14. The van der Waals surface area contributed by atoms with E-state index >= 15 is 0 Å². The summed E-state index contributed by atoms with van der Waals surface area (Å²) in [5, 5.41) is 14.4. The Morgan fingerprint density at radius 2 is 2.14 bits per heavy atom. The summed E-state index contributed by atoms with van der Waals surface area (Å²) in [6.45, 7) is 0.550. The second-order valence-corrected chi connectivity index (χ2v) is 6.58. The molecule has 1 fully saturated rings. The van der Waals surface area contributed by atoms with Crippen molar-refractivity contribution in [3.05, 3.63) is 42.7 Å². The molecular formula is C19H21ClN4O4. The fraction of sp³-hybridized carbons (Fsp3) is 0.316. The van der Waals surface area contributed by atoms with Crippen LogP contribution in [0.4, 0.5) is 0 Å². The summed E-state index contributed by atoms with van der Waals surface area (Å²) in [6, 6.07) is 8.71. The van der Waals surface area contributed by atoms with Crippen molar-refractivity contribution in [2.75, 3.05) is 20.7 Å². The van der Waals surface area contributed by atoms with Gasteiger partial charge in [0.15, 0.2) is 5.82 Å². The molecule has 4 rings (SSSR count). The Labute approximate surface area is 168 Å². The van der Waals surface area contributed by atoms with E-state index in [1.165, 1.54) is 0 Å². The Kier molecular flexibility index (Phi) is 5.71. The summed E-state index contributed by atoms with van der Waals surface area (Å²) in [5.41, 5.74) is 0.721. The van der Waals surface area contributed by atoms with Crippen molar-refractivity contribution in [3.63, 3.8) is 0 Å². The predicted octanol–water partition coefficient (Wildman–Crippen LogP) is 2.39. The van der Waals surface area contributed by atoms with E-state index in [9.17, 15) is 9.90 Å². The van der Waals surface area contributed by atoms with Gasteiger partial charge in [-0.05, 0) is 25.2 Å². The number of nitrogens with zero attached hydrogens (tertiary/aromatic N) is 4. The predicted molar refractivity (Wildman–Crippen MR) is 106 cm³/mol. The lowest BCUT2D eigenvalue weighted by atomic mass is 10.1. The van der Waals surface area contributed by atoms with Crippen LogP contribution in [0.2, 0.25) is 0 Å². The summed E-state index contributed by atoms with van der Waals surface area (Å²) in [7, 11) is 3.41. The number of likely N-dealkylation sites (N-methyl/N-ethyl adjacent to an activating group) is 1. The maximum atomic E-state index is 11.4. The zero-order valence-electron chi connectivity index (χ0n) is 15.5. The molecule has 1 N–H and O–H groups in total. The summed E-state index contributed by atoms with van der Waals surface area (Å²) in [6.07, 6.45) is 3.71. The number of carbonyl (C=O) groups is 1. The number of hydrogen-bond acceptors (Lipinski definition) is 6. The standard InChI is InChI=1S/C19H20N4O4.ClH/c1-22-11-13(9-16(22)19(24)25)27-17-10-18(23-7-3-6-20-23)21-15-8-12(26-2)4-5-14(15)17;/h3-8,10,13,16H,9,11H2,1-2H3,(H,24,25);1H. The van der Waals surface area contributed by atoms with E-state index in [4.69, 9.17) is 9.47 Å². The first-order valence-corrected chi connectivity index (χ1v) is 8.63. The number of benzene rings is 1. The number of likely N-dealkylation sites (tertiary alicyclic amines) is 1. The Morgan fingerprint density at radius 3 is 2.79 bits per heavy atom. The van der Waals surface area contributed by atoms with Crippen LogP contribution in [-0.2, 0) is 4.79 Å². The summed E-state index contributed by atoms with van der Waals surface area (Å²) in [4.78, 5) is 17.8. The van der Waals surface area contributed by atoms with Gasteiger partial charge >= 0.3 is 5.97 Å². The van der Waals surface area contributed by atoms with Crippen molar-refractivity contribution in [3.8, 4) is 17.3 Å². The number of methoxy groups -OCH3 is 1. The molecule has 3 aromatic rings. The molecule has 9 heteroatoms. The van der Waals surface area contributed by atoms with Gasteiger partial charge in [-0.25, -0.2) is 9.67 Å². The Hall–Kier alpha value is -2.84. The minimum atomic E-state index is -0.829. The van der Waals surface area contributed by atoms with E-state index in [0.29, 0.717) is 30.3 Å². The van der Waals surface area contributed by atoms with Crippen LogP contribution in [0.1, 0.15) is 6.42 Å². The minimum Gasteiger partial charge on any atom is -0.497 e. The van der Waals surface area contributed by atoms with Crippen LogP contribution in [-0.4, -0.2) is 63.6 Å². The number of aromatic nitrogens is 3. The fourth-order valence-corrected chi connectivity index (χ4v) is 3.42. The zero-order valence-corrected chi connectivity index (χ0v) is 16.3. The highest BCUT2D eigenvalue weighted by Gasteiger charge is 2.36. The SMILES string of the molecule is COc1ccc2c(OC3CC(C(=O)O)N(C)C3)cc(-n3cccn3)nc2c1.Cl. The van der Waals surface area contributed by atoms with E-state index in [2.05, 4.69) is 10.1 Å². The van der Waals surface area contributed by atoms with Crippen molar-refractivity contribution in [1.29, 1.82) is 0 Å². The van der Waals surface area contributed by atoms with Crippen LogP contribution in [0.15, 0.2) is 42.7 Å². The van der Waals surface area contributed by atoms with Crippen molar-refractivity contribution < 1.29 is 19.4 Å². The van der Waals surface area contributed by atoms with Gasteiger partial charge in [-0.1, -0.05) is 0 Å². The van der Waals surface area contributed by atoms with Crippen LogP contribution in [0.25, 0.3) is 16.7 Å². The number of carboxylic acids is 1. The van der Waals surface area contributed by atoms with Gasteiger partial charge in [0.2, 0.25) is 0 Å². The molecule has 0 bridgehead atoms. The zero-order chi connectivity index (χ0) is 19.0. The quantitative estimate of drug-likeness (QED) is 0.698. The molecule has 28 heavy (non-hydrogen) atoms. The monoisotopic (exact) mass is 404 g/mol. The highest BCUT2D eigenvalue weighted by molar-refractivity contribution is 5.87.